The second kappa shape index (κ2) is 9.68. The minimum atomic E-state index is -3.59. The lowest BCUT2D eigenvalue weighted by Crippen LogP contribution is -2.22. The molecule has 9 heteroatoms. The summed E-state index contributed by atoms with van der Waals surface area (Å²) in [5, 5.41) is 28.3. The van der Waals surface area contributed by atoms with Gasteiger partial charge in [-0.1, -0.05) is 37.3 Å². The fraction of sp³-hybridized carbons (Fsp3) is 0.0833. The Bertz CT molecular complexity index is 1430. The molecule has 0 heterocycles. The number of phenols is 1. The summed E-state index contributed by atoms with van der Waals surface area (Å²) >= 11 is 0. The van der Waals surface area contributed by atoms with Crippen LogP contribution in [0.3, 0.4) is 0 Å². The van der Waals surface area contributed by atoms with Crippen LogP contribution in [0, 0.1) is 0 Å². The Morgan fingerprint density at radius 2 is 1.36 bits per heavy atom. The summed E-state index contributed by atoms with van der Waals surface area (Å²) in [5.41, 5.74) is 2.25. The molecule has 166 valence electrons. The molecule has 0 saturated carbocycles. The summed E-state index contributed by atoms with van der Waals surface area (Å²) < 4.78 is 27.0. The van der Waals surface area contributed by atoms with Crippen LogP contribution in [0.25, 0.3) is 10.8 Å². The van der Waals surface area contributed by atoms with Gasteiger partial charge in [0.1, 0.15) is 11.4 Å². The number of azo groups is 2. The Kier molecular flexibility index (Phi) is 6.53. The third-order valence-electron chi connectivity index (χ3n) is 4.74. The van der Waals surface area contributed by atoms with Gasteiger partial charge in [0.25, 0.3) is 0 Å². The van der Waals surface area contributed by atoms with Crippen molar-refractivity contribution in [3.8, 4) is 5.75 Å². The van der Waals surface area contributed by atoms with E-state index in [1.54, 1.807) is 49.4 Å². The monoisotopic (exact) mass is 459 g/mol. The second-order valence-corrected chi connectivity index (χ2v) is 8.84. The first-order chi connectivity index (χ1) is 16.0. The lowest BCUT2D eigenvalue weighted by atomic mass is 10.1. The number of phenolic OH excluding ortho intramolecular Hbond substituents is 1. The van der Waals surface area contributed by atoms with E-state index in [-0.39, 0.29) is 16.3 Å². The number of nitrogens with one attached hydrogen (secondary N) is 1. The Labute approximate surface area is 191 Å². The Morgan fingerprint density at radius 3 is 2.00 bits per heavy atom. The molecule has 0 atom stereocenters. The molecular weight excluding hydrogens is 438 g/mol. The predicted molar refractivity (Wildman–Crippen MR) is 128 cm³/mol. The van der Waals surface area contributed by atoms with Crippen molar-refractivity contribution in [2.24, 2.45) is 20.5 Å². The summed E-state index contributed by atoms with van der Waals surface area (Å²) in [6, 6.07) is 24.2. The zero-order chi connectivity index (χ0) is 23.3. The van der Waals surface area contributed by atoms with Crippen molar-refractivity contribution in [2.45, 2.75) is 11.8 Å². The first kappa shape index (κ1) is 22.3. The van der Waals surface area contributed by atoms with Gasteiger partial charge in [-0.2, -0.15) is 15.3 Å². The van der Waals surface area contributed by atoms with E-state index in [1.165, 1.54) is 12.1 Å². The average molecular weight is 460 g/mol. The lowest BCUT2D eigenvalue weighted by Gasteiger charge is -2.08. The van der Waals surface area contributed by atoms with Crippen LogP contribution in [-0.2, 0) is 10.0 Å². The Balaban J connectivity index is 1.58. The molecule has 0 aromatic heterocycles. The SMILES string of the molecule is CCNS(=O)(=O)c1ccc2c(N=Nc3ccc(N=Nc4ccccc4)cc3)c(O)ccc2c1. The molecule has 4 rings (SSSR count). The highest BCUT2D eigenvalue weighted by molar-refractivity contribution is 7.89. The standard InChI is InChI=1S/C24H21N5O3S/c1-2-25-33(31,32)21-13-14-22-17(16-21)8-15-23(30)24(22)29-28-20-11-9-19(10-12-20)27-26-18-6-4-3-5-7-18/h3-16,25,30H,2H2,1H3. The highest BCUT2D eigenvalue weighted by Gasteiger charge is 2.15. The predicted octanol–water partition coefficient (Wildman–Crippen LogP) is 6.67. The van der Waals surface area contributed by atoms with E-state index in [0.29, 0.717) is 28.7 Å². The van der Waals surface area contributed by atoms with Crippen molar-refractivity contribution < 1.29 is 13.5 Å². The van der Waals surface area contributed by atoms with E-state index in [9.17, 15) is 13.5 Å². The zero-order valence-electron chi connectivity index (χ0n) is 17.8. The summed E-state index contributed by atoms with van der Waals surface area (Å²) in [4.78, 5) is 0.144. The molecule has 0 aliphatic heterocycles. The van der Waals surface area contributed by atoms with Gasteiger partial charge in [0, 0.05) is 11.9 Å². The van der Waals surface area contributed by atoms with Gasteiger partial charge < -0.3 is 5.11 Å². The van der Waals surface area contributed by atoms with Crippen molar-refractivity contribution >= 4 is 43.5 Å². The first-order valence-corrected chi connectivity index (χ1v) is 11.7. The molecule has 33 heavy (non-hydrogen) atoms. The summed E-state index contributed by atoms with van der Waals surface area (Å²) in [5.74, 6) is -0.0539. The quantitative estimate of drug-likeness (QED) is 0.300. The van der Waals surface area contributed by atoms with Gasteiger partial charge in [-0.05, 0) is 60.0 Å². The maximum atomic E-state index is 12.3. The van der Waals surface area contributed by atoms with E-state index in [0.717, 1.165) is 5.69 Å². The number of aromatic hydroxyl groups is 1. The maximum Gasteiger partial charge on any atom is 0.240 e. The van der Waals surface area contributed by atoms with Crippen molar-refractivity contribution in [1.29, 1.82) is 0 Å². The molecule has 0 saturated heterocycles. The van der Waals surface area contributed by atoms with Crippen LogP contribution >= 0.6 is 0 Å². The molecule has 4 aromatic rings. The fourth-order valence-corrected chi connectivity index (χ4v) is 4.21. The number of fused-ring (bicyclic) bond motifs is 1. The summed E-state index contributed by atoms with van der Waals surface area (Å²) in [7, 11) is -3.59. The van der Waals surface area contributed by atoms with Crippen LogP contribution in [0.5, 0.6) is 5.75 Å². The minimum absolute atomic E-state index is 0.0539. The van der Waals surface area contributed by atoms with Gasteiger partial charge in [-0.3, -0.25) is 0 Å². The van der Waals surface area contributed by atoms with Gasteiger partial charge in [0.2, 0.25) is 10.0 Å². The number of sulfonamides is 1. The van der Waals surface area contributed by atoms with Gasteiger partial charge in [-0.25, -0.2) is 13.1 Å². The van der Waals surface area contributed by atoms with Crippen molar-refractivity contribution in [2.75, 3.05) is 6.54 Å². The van der Waals surface area contributed by atoms with E-state index >= 15 is 0 Å². The number of benzene rings is 4. The molecule has 0 fully saturated rings. The molecule has 0 spiro atoms. The highest BCUT2D eigenvalue weighted by Crippen LogP contribution is 2.37. The van der Waals surface area contributed by atoms with E-state index in [4.69, 9.17) is 0 Å². The van der Waals surface area contributed by atoms with Crippen LogP contribution < -0.4 is 4.72 Å². The average Bonchev–Trinajstić information content (AvgIpc) is 2.83. The third-order valence-corrected chi connectivity index (χ3v) is 6.28. The molecule has 0 aliphatic carbocycles. The van der Waals surface area contributed by atoms with Crippen molar-refractivity contribution in [3.05, 3.63) is 84.9 Å². The zero-order valence-corrected chi connectivity index (χ0v) is 18.6. The van der Waals surface area contributed by atoms with E-state index in [2.05, 4.69) is 25.2 Å². The smallest absolute Gasteiger partial charge is 0.240 e. The van der Waals surface area contributed by atoms with Crippen molar-refractivity contribution in [1.82, 2.24) is 4.72 Å². The van der Waals surface area contributed by atoms with Crippen molar-refractivity contribution in [3.63, 3.8) is 0 Å². The molecule has 0 radical (unpaired) electrons. The Morgan fingerprint density at radius 1 is 0.758 bits per heavy atom. The highest BCUT2D eigenvalue weighted by atomic mass is 32.2. The van der Waals surface area contributed by atoms with Crippen LogP contribution in [0.2, 0.25) is 0 Å². The first-order valence-electron chi connectivity index (χ1n) is 10.2. The third kappa shape index (κ3) is 5.28. The van der Waals surface area contributed by atoms with Gasteiger partial charge in [0.15, 0.2) is 0 Å². The van der Waals surface area contributed by atoms with Crippen LogP contribution in [-0.4, -0.2) is 20.1 Å². The second-order valence-electron chi connectivity index (χ2n) is 7.07. The lowest BCUT2D eigenvalue weighted by molar-refractivity contribution is 0.477. The fourth-order valence-electron chi connectivity index (χ4n) is 3.13. The molecule has 0 amide bonds. The molecule has 0 aliphatic rings. The normalized spacial score (nSPS) is 12.2. The topological polar surface area (TPSA) is 116 Å². The number of hydrogen-bond donors (Lipinski definition) is 2. The largest absolute Gasteiger partial charge is 0.506 e. The minimum Gasteiger partial charge on any atom is -0.506 e. The van der Waals surface area contributed by atoms with Crippen LogP contribution in [0.15, 0.2) is 110 Å². The number of hydrogen-bond acceptors (Lipinski definition) is 7. The van der Waals surface area contributed by atoms with Crippen LogP contribution in [0.1, 0.15) is 6.92 Å². The van der Waals surface area contributed by atoms with Gasteiger partial charge >= 0.3 is 0 Å². The van der Waals surface area contributed by atoms with Gasteiger partial charge in [0.05, 0.1) is 22.0 Å². The number of rotatable bonds is 7. The molecule has 2 N–H and O–H groups in total. The van der Waals surface area contributed by atoms with E-state index in [1.807, 2.05) is 30.3 Å². The molecule has 4 aromatic carbocycles. The summed E-state index contributed by atoms with van der Waals surface area (Å²) in [6.45, 7) is 2.01. The van der Waals surface area contributed by atoms with E-state index < -0.39 is 10.0 Å². The molecule has 8 nitrogen and oxygen atoms in total. The summed E-state index contributed by atoms with van der Waals surface area (Å²) in [6.07, 6.45) is 0. The Hall–Kier alpha value is -3.95. The number of nitrogens with zero attached hydrogens (tertiary/aromatic N) is 4. The molecular formula is C24H21N5O3S. The molecule has 0 unspecified atom stereocenters. The van der Waals surface area contributed by atoms with Crippen LogP contribution in [0.4, 0.5) is 22.7 Å². The maximum absolute atomic E-state index is 12.3. The molecule has 0 bridgehead atoms. The van der Waals surface area contributed by atoms with Gasteiger partial charge in [-0.15, -0.1) is 5.11 Å².